The fourth-order valence-corrected chi connectivity index (χ4v) is 2.95. The van der Waals surface area contributed by atoms with Gasteiger partial charge in [-0.25, -0.2) is 4.79 Å². The van der Waals surface area contributed by atoms with Crippen molar-refractivity contribution in [2.75, 3.05) is 7.11 Å². The summed E-state index contributed by atoms with van der Waals surface area (Å²) in [4.78, 5) is 11.4. The zero-order chi connectivity index (χ0) is 20.0. The van der Waals surface area contributed by atoms with Gasteiger partial charge in [-0.2, -0.15) is 0 Å². The predicted molar refractivity (Wildman–Crippen MR) is 105 cm³/mol. The molecule has 2 rings (SSSR count). The monoisotopic (exact) mass is 412 g/mol. The largest absolute Gasteiger partial charge is 0.493 e. The molecule has 1 atom stereocenters. The Balaban J connectivity index is 2.17. The van der Waals surface area contributed by atoms with Crippen molar-refractivity contribution in [2.24, 2.45) is 0 Å². The number of hydrogen-bond donors (Lipinski definition) is 1. The third-order valence-electron chi connectivity index (χ3n) is 3.76. The molecule has 0 bridgehead atoms. The number of ether oxygens (including phenoxy) is 3. The van der Waals surface area contributed by atoms with Crippen LogP contribution in [0.5, 0.6) is 11.5 Å². The van der Waals surface area contributed by atoms with E-state index in [1.807, 2.05) is 0 Å². The van der Waals surface area contributed by atoms with Gasteiger partial charge in [0.25, 0.3) is 0 Å². The molecule has 0 aliphatic carbocycles. The van der Waals surface area contributed by atoms with Crippen LogP contribution in [0.25, 0.3) is 0 Å². The number of halogens is 2. The SMILES string of the molecule is COc1ccc(CC(OC(C)C)C(=O)O)cc1OCc1ccc(Cl)cc1Cl. The average Bonchev–Trinajstić information content (AvgIpc) is 2.60. The summed E-state index contributed by atoms with van der Waals surface area (Å²) in [6.07, 6.45) is -0.903. The van der Waals surface area contributed by atoms with Gasteiger partial charge in [0.05, 0.1) is 13.2 Å². The molecule has 0 fully saturated rings. The molecule has 1 unspecified atom stereocenters. The van der Waals surface area contributed by atoms with Gasteiger partial charge in [-0.1, -0.05) is 35.3 Å². The summed E-state index contributed by atoms with van der Waals surface area (Å²) in [5.74, 6) is 0.0325. The Morgan fingerprint density at radius 3 is 2.44 bits per heavy atom. The lowest BCUT2D eigenvalue weighted by Crippen LogP contribution is -2.29. The molecule has 27 heavy (non-hydrogen) atoms. The van der Waals surface area contributed by atoms with Gasteiger partial charge in [0.15, 0.2) is 17.6 Å². The maximum atomic E-state index is 11.4. The number of carboxylic acids is 1. The van der Waals surface area contributed by atoms with Crippen molar-refractivity contribution in [2.45, 2.75) is 39.1 Å². The lowest BCUT2D eigenvalue weighted by molar-refractivity contribution is -0.153. The number of methoxy groups -OCH3 is 1. The third kappa shape index (κ3) is 6.31. The van der Waals surface area contributed by atoms with Crippen LogP contribution in [0.15, 0.2) is 36.4 Å². The van der Waals surface area contributed by atoms with Gasteiger partial charge in [-0.05, 0) is 43.7 Å². The van der Waals surface area contributed by atoms with Gasteiger partial charge in [0, 0.05) is 22.0 Å². The highest BCUT2D eigenvalue weighted by Gasteiger charge is 2.21. The first-order chi connectivity index (χ1) is 12.8. The standard InChI is InChI=1S/C20H22Cl2O5/c1-12(2)27-19(20(23)24)9-13-4-7-17(25-3)18(8-13)26-11-14-5-6-15(21)10-16(14)22/h4-8,10,12,19H,9,11H2,1-3H3,(H,23,24). The number of benzene rings is 2. The van der Waals surface area contributed by atoms with Gasteiger partial charge in [0.2, 0.25) is 0 Å². The van der Waals surface area contributed by atoms with Crippen LogP contribution in [0, 0.1) is 0 Å². The van der Waals surface area contributed by atoms with E-state index in [1.165, 1.54) is 0 Å². The summed E-state index contributed by atoms with van der Waals surface area (Å²) in [7, 11) is 1.54. The summed E-state index contributed by atoms with van der Waals surface area (Å²) in [6.45, 7) is 3.82. The minimum absolute atomic E-state index is 0.188. The summed E-state index contributed by atoms with van der Waals surface area (Å²) in [5.41, 5.74) is 1.54. The van der Waals surface area contributed by atoms with Crippen molar-refractivity contribution < 1.29 is 24.1 Å². The maximum absolute atomic E-state index is 11.4. The Bertz CT molecular complexity index is 792. The van der Waals surface area contributed by atoms with Gasteiger partial charge in [-0.3, -0.25) is 0 Å². The molecule has 7 heteroatoms. The average molecular weight is 413 g/mol. The topological polar surface area (TPSA) is 65.0 Å². The molecule has 2 aromatic rings. The maximum Gasteiger partial charge on any atom is 0.333 e. The van der Waals surface area contributed by atoms with Crippen LogP contribution in [0.4, 0.5) is 0 Å². The molecule has 0 aliphatic heterocycles. The molecule has 0 amide bonds. The fraction of sp³-hybridized carbons (Fsp3) is 0.350. The Morgan fingerprint density at radius 2 is 1.85 bits per heavy atom. The van der Waals surface area contributed by atoms with Crippen LogP contribution in [-0.4, -0.2) is 30.4 Å². The second kappa shape index (κ2) is 9.83. The molecule has 146 valence electrons. The van der Waals surface area contributed by atoms with Crippen molar-refractivity contribution in [3.05, 3.63) is 57.6 Å². The third-order valence-corrected chi connectivity index (χ3v) is 4.35. The molecular formula is C20H22Cl2O5. The van der Waals surface area contributed by atoms with Crippen LogP contribution in [0.1, 0.15) is 25.0 Å². The first kappa shape index (κ1) is 21.4. The second-order valence-electron chi connectivity index (χ2n) is 6.23. The number of rotatable bonds is 9. The van der Waals surface area contributed by atoms with Crippen molar-refractivity contribution in [3.63, 3.8) is 0 Å². The van der Waals surface area contributed by atoms with Crippen LogP contribution in [-0.2, 0) is 22.6 Å². The van der Waals surface area contributed by atoms with Crippen molar-refractivity contribution in [3.8, 4) is 11.5 Å². The van der Waals surface area contributed by atoms with Crippen LogP contribution < -0.4 is 9.47 Å². The Hall–Kier alpha value is -1.95. The van der Waals surface area contributed by atoms with Crippen molar-refractivity contribution in [1.29, 1.82) is 0 Å². The summed E-state index contributed by atoms with van der Waals surface area (Å²) >= 11 is 12.1. The molecule has 0 radical (unpaired) electrons. The molecule has 0 heterocycles. The summed E-state index contributed by atoms with van der Waals surface area (Å²) < 4.78 is 16.7. The molecule has 5 nitrogen and oxygen atoms in total. The number of hydrogen-bond acceptors (Lipinski definition) is 4. The van der Waals surface area contributed by atoms with E-state index in [9.17, 15) is 9.90 Å². The van der Waals surface area contributed by atoms with E-state index in [0.717, 1.165) is 11.1 Å². The van der Waals surface area contributed by atoms with E-state index in [2.05, 4.69) is 0 Å². The molecule has 2 aromatic carbocycles. The minimum Gasteiger partial charge on any atom is -0.493 e. The van der Waals surface area contributed by atoms with E-state index >= 15 is 0 Å². The van der Waals surface area contributed by atoms with E-state index < -0.39 is 12.1 Å². The normalized spacial score (nSPS) is 12.1. The molecule has 0 aromatic heterocycles. The highest BCUT2D eigenvalue weighted by molar-refractivity contribution is 6.35. The van der Waals surface area contributed by atoms with Gasteiger partial charge >= 0.3 is 5.97 Å². The number of carboxylic acid groups (broad SMARTS) is 1. The predicted octanol–water partition coefficient (Wildman–Crippen LogP) is 5.00. The smallest absolute Gasteiger partial charge is 0.333 e. The molecular weight excluding hydrogens is 391 g/mol. The van der Waals surface area contributed by atoms with Crippen molar-refractivity contribution >= 4 is 29.2 Å². The van der Waals surface area contributed by atoms with Crippen molar-refractivity contribution in [1.82, 2.24) is 0 Å². The molecule has 0 saturated heterocycles. The highest BCUT2D eigenvalue weighted by atomic mass is 35.5. The van der Waals surface area contributed by atoms with Crippen LogP contribution in [0.2, 0.25) is 10.0 Å². The van der Waals surface area contributed by atoms with Crippen LogP contribution in [0.3, 0.4) is 0 Å². The Morgan fingerprint density at radius 1 is 1.11 bits per heavy atom. The van der Waals surface area contributed by atoms with E-state index in [-0.39, 0.29) is 19.1 Å². The Kier molecular flexibility index (Phi) is 7.78. The second-order valence-corrected chi connectivity index (χ2v) is 7.07. The zero-order valence-corrected chi connectivity index (χ0v) is 16.9. The van der Waals surface area contributed by atoms with E-state index in [1.54, 1.807) is 57.4 Å². The minimum atomic E-state index is -1.00. The lowest BCUT2D eigenvalue weighted by atomic mass is 10.1. The van der Waals surface area contributed by atoms with E-state index in [4.69, 9.17) is 37.4 Å². The zero-order valence-electron chi connectivity index (χ0n) is 15.4. The molecule has 0 spiro atoms. The summed E-state index contributed by atoms with van der Waals surface area (Å²) in [5, 5.41) is 10.4. The number of aliphatic carboxylic acids is 1. The van der Waals surface area contributed by atoms with E-state index in [0.29, 0.717) is 21.5 Å². The molecule has 0 aliphatic rings. The quantitative estimate of drug-likeness (QED) is 0.627. The Labute approximate surface area is 168 Å². The molecule has 1 N–H and O–H groups in total. The lowest BCUT2D eigenvalue weighted by Gasteiger charge is -2.18. The fourth-order valence-electron chi connectivity index (χ4n) is 2.49. The van der Waals surface area contributed by atoms with Gasteiger partial charge in [0.1, 0.15) is 6.61 Å². The first-order valence-electron chi connectivity index (χ1n) is 8.42. The van der Waals surface area contributed by atoms with Gasteiger partial charge in [-0.15, -0.1) is 0 Å². The highest BCUT2D eigenvalue weighted by Crippen LogP contribution is 2.31. The first-order valence-corrected chi connectivity index (χ1v) is 9.17. The van der Waals surface area contributed by atoms with Gasteiger partial charge < -0.3 is 19.3 Å². The molecule has 0 saturated carbocycles. The number of carbonyl (C=O) groups is 1. The van der Waals surface area contributed by atoms with Crippen LogP contribution >= 0.6 is 23.2 Å². The summed E-state index contributed by atoms with van der Waals surface area (Å²) in [6, 6.07) is 10.5.